The lowest BCUT2D eigenvalue weighted by atomic mass is 9.92. The molecule has 0 atom stereocenters. The zero-order valence-electron chi connectivity index (χ0n) is 17.9. The predicted octanol–water partition coefficient (Wildman–Crippen LogP) is 5.97. The molecule has 1 N–H and O–H groups in total. The van der Waals surface area contributed by atoms with Gasteiger partial charge in [-0.1, -0.05) is 25.0 Å². The Morgan fingerprint density at radius 1 is 1.10 bits per heavy atom. The molecule has 0 unspecified atom stereocenters. The Hall–Kier alpha value is -2.73. The molecule has 0 spiro atoms. The first kappa shape index (κ1) is 20.2. The molecular formula is C25H28F2N4. The first-order valence-corrected chi connectivity index (χ1v) is 11.2. The molecule has 2 aromatic carbocycles. The Morgan fingerprint density at radius 3 is 2.77 bits per heavy atom. The zero-order chi connectivity index (χ0) is 21.4. The van der Waals surface area contributed by atoms with Crippen LogP contribution in [0, 0.1) is 17.6 Å². The number of benzene rings is 2. The molecule has 1 aliphatic heterocycles. The van der Waals surface area contributed by atoms with Crippen LogP contribution in [0.5, 0.6) is 0 Å². The highest BCUT2D eigenvalue weighted by Gasteiger charge is 2.17. The number of unbranched alkanes of at least 4 members (excludes halogenated alkanes) is 1. The maximum absolute atomic E-state index is 14.1. The largest absolute Gasteiger partial charge is 0.347 e. The van der Waals surface area contributed by atoms with Gasteiger partial charge in [0.1, 0.15) is 17.2 Å². The Kier molecular flexibility index (Phi) is 5.48. The number of fused-ring (bicyclic) bond motifs is 2. The zero-order valence-corrected chi connectivity index (χ0v) is 17.9. The number of nitrogens with zero attached hydrogens (tertiary/aromatic N) is 3. The third-order valence-electron chi connectivity index (χ3n) is 6.67. The number of likely N-dealkylation sites (tertiary alicyclic amines) is 1. The number of aromatic amines is 1. The number of aromatic nitrogens is 3. The monoisotopic (exact) mass is 422 g/mol. The maximum atomic E-state index is 14.1. The molecular weight excluding hydrogens is 394 g/mol. The molecule has 0 saturated carbocycles. The van der Waals surface area contributed by atoms with E-state index in [9.17, 15) is 8.78 Å². The molecule has 2 aromatic heterocycles. The summed E-state index contributed by atoms with van der Waals surface area (Å²) in [5.74, 6) is 0.185. The quantitative estimate of drug-likeness (QED) is 0.388. The fraction of sp³-hybridized carbons (Fsp3) is 0.400. The molecule has 4 nitrogen and oxygen atoms in total. The second-order valence-corrected chi connectivity index (χ2v) is 8.86. The van der Waals surface area contributed by atoms with E-state index in [0.29, 0.717) is 11.3 Å². The number of hydrogen-bond acceptors (Lipinski definition) is 2. The molecule has 3 heterocycles. The summed E-state index contributed by atoms with van der Waals surface area (Å²) < 4.78 is 29.9. The van der Waals surface area contributed by atoms with Crippen molar-refractivity contribution in [3.63, 3.8) is 0 Å². The van der Waals surface area contributed by atoms with Crippen LogP contribution in [-0.4, -0.2) is 39.6 Å². The summed E-state index contributed by atoms with van der Waals surface area (Å²) in [6, 6.07) is 10.3. The first-order valence-electron chi connectivity index (χ1n) is 11.2. The van der Waals surface area contributed by atoms with Crippen molar-refractivity contribution in [1.29, 1.82) is 0 Å². The topological polar surface area (TPSA) is 36.9 Å². The van der Waals surface area contributed by atoms with Crippen LogP contribution in [0.2, 0.25) is 0 Å². The van der Waals surface area contributed by atoms with Crippen molar-refractivity contribution < 1.29 is 8.78 Å². The van der Waals surface area contributed by atoms with Crippen LogP contribution in [0.3, 0.4) is 0 Å². The molecule has 1 fully saturated rings. The van der Waals surface area contributed by atoms with Gasteiger partial charge in [-0.3, -0.25) is 0 Å². The molecule has 0 radical (unpaired) electrons. The fourth-order valence-electron chi connectivity index (χ4n) is 4.86. The number of piperidine rings is 1. The van der Waals surface area contributed by atoms with Gasteiger partial charge in [-0.2, -0.15) is 0 Å². The normalized spacial score (nSPS) is 16.0. The lowest BCUT2D eigenvalue weighted by molar-refractivity contribution is 0.209. The van der Waals surface area contributed by atoms with E-state index < -0.39 is 11.6 Å². The summed E-state index contributed by atoms with van der Waals surface area (Å²) in [4.78, 5) is 9.91. The van der Waals surface area contributed by atoms with Crippen LogP contribution < -0.4 is 0 Å². The number of imidazole rings is 1. The minimum absolute atomic E-state index is 0.168. The summed E-state index contributed by atoms with van der Waals surface area (Å²) in [6.45, 7) is 3.45. The van der Waals surface area contributed by atoms with Gasteiger partial charge in [-0.25, -0.2) is 13.8 Å². The third kappa shape index (κ3) is 4.09. The molecule has 0 bridgehead atoms. The molecule has 1 aliphatic rings. The summed E-state index contributed by atoms with van der Waals surface area (Å²) in [6.07, 6.45) is 8.51. The number of H-pyrrole nitrogens is 1. The van der Waals surface area contributed by atoms with Gasteiger partial charge in [0.15, 0.2) is 5.82 Å². The van der Waals surface area contributed by atoms with Crippen LogP contribution >= 0.6 is 0 Å². The lowest BCUT2D eigenvalue weighted by Crippen LogP contribution is -2.30. The average molecular weight is 423 g/mol. The molecule has 0 aliphatic carbocycles. The van der Waals surface area contributed by atoms with E-state index in [1.54, 1.807) is 0 Å². The Bertz CT molecular complexity index is 1200. The van der Waals surface area contributed by atoms with E-state index in [1.165, 1.54) is 44.8 Å². The molecule has 0 amide bonds. The van der Waals surface area contributed by atoms with Gasteiger partial charge in [0.25, 0.3) is 0 Å². The number of hydrogen-bond donors (Lipinski definition) is 1. The number of nitrogens with one attached hydrogen (secondary N) is 1. The van der Waals surface area contributed by atoms with Crippen molar-refractivity contribution in [1.82, 2.24) is 19.4 Å². The molecule has 4 aromatic rings. The molecule has 1 saturated heterocycles. The standard InChI is InChI=1S/C25H28F2N4/c1-30-12-8-17(9-13-30)5-2-3-11-31-14-10-19-20(6-4-7-23(19)31)25-28-22-16-18(26)15-21(27)24(22)29-25/h4,6-7,10,14-17H,2-3,5,8-9,11-13H2,1H3,(H,28,29). The highest BCUT2D eigenvalue weighted by molar-refractivity contribution is 5.95. The third-order valence-corrected chi connectivity index (χ3v) is 6.67. The van der Waals surface area contributed by atoms with Crippen molar-refractivity contribution in [2.24, 2.45) is 5.92 Å². The Balaban J connectivity index is 1.32. The van der Waals surface area contributed by atoms with E-state index in [2.05, 4.69) is 44.8 Å². The Labute approximate surface area is 180 Å². The van der Waals surface area contributed by atoms with E-state index >= 15 is 0 Å². The van der Waals surface area contributed by atoms with E-state index in [1.807, 2.05) is 12.1 Å². The van der Waals surface area contributed by atoms with Crippen LogP contribution in [0.25, 0.3) is 33.3 Å². The first-order chi connectivity index (χ1) is 15.1. The number of halogens is 2. The van der Waals surface area contributed by atoms with Crippen molar-refractivity contribution in [2.75, 3.05) is 20.1 Å². The van der Waals surface area contributed by atoms with E-state index in [-0.39, 0.29) is 5.52 Å². The molecule has 162 valence electrons. The van der Waals surface area contributed by atoms with Crippen LogP contribution in [0.4, 0.5) is 8.78 Å². The minimum atomic E-state index is -0.646. The maximum Gasteiger partial charge on any atom is 0.153 e. The van der Waals surface area contributed by atoms with Gasteiger partial charge in [0.2, 0.25) is 0 Å². The summed E-state index contributed by atoms with van der Waals surface area (Å²) in [7, 11) is 2.21. The van der Waals surface area contributed by atoms with E-state index in [4.69, 9.17) is 0 Å². The summed E-state index contributed by atoms with van der Waals surface area (Å²) in [5, 5.41) is 1.07. The molecule has 6 heteroatoms. The number of rotatable bonds is 6. The molecule has 31 heavy (non-hydrogen) atoms. The Morgan fingerprint density at radius 2 is 1.94 bits per heavy atom. The van der Waals surface area contributed by atoms with E-state index in [0.717, 1.165) is 41.4 Å². The fourth-order valence-corrected chi connectivity index (χ4v) is 4.86. The smallest absolute Gasteiger partial charge is 0.153 e. The number of aryl methyl sites for hydroxylation is 1. The van der Waals surface area contributed by atoms with Gasteiger partial charge in [0.05, 0.1) is 5.52 Å². The van der Waals surface area contributed by atoms with Crippen LogP contribution in [0.15, 0.2) is 42.6 Å². The molecule has 5 rings (SSSR count). The highest BCUT2D eigenvalue weighted by Crippen LogP contribution is 2.30. The summed E-state index contributed by atoms with van der Waals surface area (Å²) >= 11 is 0. The highest BCUT2D eigenvalue weighted by atomic mass is 19.1. The van der Waals surface area contributed by atoms with Gasteiger partial charge in [-0.05, 0) is 63.5 Å². The van der Waals surface area contributed by atoms with Crippen molar-refractivity contribution in [2.45, 2.75) is 38.6 Å². The van der Waals surface area contributed by atoms with Gasteiger partial charge in [0, 0.05) is 35.3 Å². The second kappa shape index (κ2) is 8.42. The van der Waals surface area contributed by atoms with Crippen molar-refractivity contribution in [3.05, 3.63) is 54.2 Å². The minimum Gasteiger partial charge on any atom is -0.347 e. The van der Waals surface area contributed by atoms with Gasteiger partial charge >= 0.3 is 0 Å². The lowest BCUT2D eigenvalue weighted by Gasteiger charge is -2.28. The van der Waals surface area contributed by atoms with Crippen LogP contribution in [-0.2, 0) is 6.54 Å². The SMILES string of the molecule is CN1CCC(CCCCn2ccc3c(-c4nc5c(F)cc(F)cc5[nH]4)cccc32)CC1. The van der Waals surface area contributed by atoms with Crippen molar-refractivity contribution >= 4 is 21.9 Å². The predicted molar refractivity (Wildman–Crippen MR) is 121 cm³/mol. The van der Waals surface area contributed by atoms with Gasteiger partial charge < -0.3 is 14.5 Å². The van der Waals surface area contributed by atoms with Gasteiger partial charge in [-0.15, -0.1) is 0 Å². The second-order valence-electron chi connectivity index (χ2n) is 8.86. The van der Waals surface area contributed by atoms with Crippen molar-refractivity contribution in [3.8, 4) is 11.4 Å². The summed E-state index contributed by atoms with van der Waals surface area (Å²) in [5.41, 5.74) is 2.59. The van der Waals surface area contributed by atoms with Crippen LogP contribution in [0.1, 0.15) is 32.1 Å². The average Bonchev–Trinajstić information content (AvgIpc) is 3.37.